The fraction of sp³-hybridized carbons (Fsp3) is 0.647. The van der Waals surface area contributed by atoms with Crippen molar-refractivity contribution >= 4 is 0 Å². The summed E-state index contributed by atoms with van der Waals surface area (Å²) in [5.74, 6) is 0.441. The molecule has 0 spiro atoms. The third-order valence-electron chi connectivity index (χ3n) is 4.42. The molecule has 2 rings (SSSR count). The molecule has 0 radical (unpaired) electrons. The van der Waals surface area contributed by atoms with Crippen molar-refractivity contribution in [1.82, 2.24) is 4.90 Å². The van der Waals surface area contributed by atoms with Crippen LogP contribution in [0.25, 0.3) is 0 Å². The van der Waals surface area contributed by atoms with Gasteiger partial charge < -0.3 is 9.84 Å². The van der Waals surface area contributed by atoms with E-state index in [2.05, 4.69) is 11.8 Å². The second-order valence-corrected chi connectivity index (χ2v) is 5.93. The van der Waals surface area contributed by atoms with Crippen LogP contribution in [-0.2, 0) is 4.74 Å². The van der Waals surface area contributed by atoms with E-state index in [9.17, 15) is 9.50 Å². The summed E-state index contributed by atoms with van der Waals surface area (Å²) in [7, 11) is 1.70. The van der Waals surface area contributed by atoms with E-state index in [4.69, 9.17) is 4.74 Å². The van der Waals surface area contributed by atoms with Gasteiger partial charge in [0.05, 0.1) is 12.7 Å². The molecular weight excluding hydrogens is 269 g/mol. The summed E-state index contributed by atoms with van der Waals surface area (Å²) in [5, 5.41) is 10.2. The van der Waals surface area contributed by atoms with Crippen molar-refractivity contribution in [2.24, 2.45) is 5.92 Å². The molecule has 0 aromatic heterocycles. The number of rotatable bonds is 9. The molecule has 1 fully saturated rings. The standard InChI is InChI=1S/C17H26FNO2/c1-13(14-7-8-14)19(11-12-21-2)10-9-17(20)15-5-3-4-6-16(15)18/h3-6,13-14,17,20H,7-12H2,1-2H3. The van der Waals surface area contributed by atoms with Crippen LogP contribution in [0.3, 0.4) is 0 Å². The molecule has 1 aliphatic rings. The summed E-state index contributed by atoms with van der Waals surface area (Å²) in [4.78, 5) is 2.35. The van der Waals surface area contributed by atoms with Crippen LogP contribution in [0, 0.1) is 11.7 Å². The number of methoxy groups -OCH3 is 1. The van der Waals surface area contributed by atoms with Crippen LogP contribution in [-0.4, -0.2) is 42.9 Å². The first-order chi connectivity index (χ1) is 10.1. The number of aliphatic hydroxyl groups is 1. The maximum Gasteiger partial charge on any atom is 0.128 e. The van der Waals surface area contributed by atoms with Crippen molar-refractivity contribution in [2.45, 2.75) is 38.3 Å². The van der Waals surface area contributed by atoms with Gasteiger partial charge in [0.2, 0.25) is 0 Å². The zero-order valence-electron chi connectivity index (χ0n) is 13.0. The predicted molar refractivity (Wildman–Crippen MR) is 81.6 cm³/mol. The van der Waals surface area contributed by atoms with Crippen molar-refractivity contribution in [3.05, 3.63) is 35.6 Å². The first-order valence-corrected chi connectivity index (χ1v) is 7.79. The first-order valence-electron chi connectivity index (χ1n) is 7.79. The predicted octanol–water partition coefficient (Wildman–Crippen LogP) is 3.00. The zero-order valence-corrected chi connectivity index (χ0v) is 13.0. The summed E-state index contributed by atoms with van der Waals surface area (Å²) >= 11 is 0. The average Bonchev–Trinajstić information content (AvgIpc) is 3.31. The molecule has 1 saturated carbocycles. The average molecular weight is 295 g/mol. The molecule has 1 aromatic carbocycles. The van der Waals surface area contributed by atoms with Gasteiger partial charge in [-0.15, -0.1) is 0 Å². The van der Waals surface area contributed by atoms with E-state index in [1.165, 1.54) is 18.9 Å². The van der Waals surface area contributed by atoms with Crippen LogP contribution in [0.2, 0.25) is 0 Å². The Morgan fingerprint density at radius 3 is 2.67 bits per heavy atom. The fourth-order valence-electron chi connectivity index (χ4n) is 2.79. The van der Waals surface area contributed by atoms with E-state index in [0.717, 1.165) is 19.0 Å². The number of aliphatic hydroxyl groups excluding tert-OH is 1. The Balaban J connectivity index is 1.89. The monoisotopic (exact) mass is 295 g/mol. The van der Waals surface area contributed by atoms with Crippen LogP contribution >= 0.6 is 0 Å². The highest BCUT2D eigenvalue weighted by molar-refractivity contribution is 5.19. The van der Waals surface area contributed by atoms with Gasteiger partial charge in [-0.05, 0) is 38.2 Å². The van der Waals surface area contributed by atoms with Gasteiger partial charge in [-0.1, -0.05) is 18.2 Å². The summed E-state index contributed by atoms with van der Waals surface area (Å²) < 4.78 is 18.8. The molecule has 118 valence electrons. The van der Waals surface area contributed by atoms with Gasteiger partial charge in [-0.25, -0.2) is 4.39 Å². The normalized spacial score (nSPS) is 18.0. The van der Waals surface area contributed by atoms with Crippen LogP contribution in [0.4, 0.5) is 4.39 Å². The van der Waals surface area contributed by atoms with E-state index < -0.39 is 6.10 Å². The lowest BCUT2D eigenvalue weighted by atomic mass is 10.0. The molecule has 4 heteroatoms. The molecule has 1 aromatic rings. The third kappa shape index (κ3) is 4.77. The van der Waals surface area contributed by atoms with Crippen molar-refractivity contribution in [2.75, 3.05) is 26.8 Å². The van der Waals surface area contributed by atoms with Gasteiger partial charge in [0, 0.05) is 31.8 Å². The first kappa shape index (κ1) is 16.4. The Hall–Kier alpha value is -0.970. The summed E-state index contributed by atoms with van der Waals surface area (Å²) in [6.07, 6.45) is 2.38. The van der Waals surface area contributed by atoms with Crippen LogP contribution in [0.15, 0.2) is 24.3 Å². The molecule has 0 saturated heterocycles. The lowest BCUT2D eigenvalue weighted by molar-refractivity contribution is 0.0906. The number of benzene rings is 1. The highest BCUT2D eigenvalue weighted by atomic mass is 19.1. The zero-order chi connectivity index (χ0) is 15.2. The van der Waals surface area contributed by atoms with Gasteiger partial charge in [0.25, 0.3) is 0 Å². The molecule has 2 atom stereocenters. The Morgan fingerprint density at radius 1 is 1.33 bits per heavy atom. The maximum absolute atomic E-state index is 13.7. The SMILES string of the molecule is COCCN(CCC(O)c1ccccc1F)C(C)C1CC1. The van der Waals surface area contributed by atoms with Crippen molar-refractivity contribution in [3.8, 4) is 0 Å². The highest BCUT2D eigenvalue weighted by Crippen LogP contribution is 2.35. The smallest absolute Gasteiger partial charge is 0.128 e. The quantitative estimate of drug-likeness (QED) is 0.760. The number of nitrogens with zero attached hydrogens (tertiary/aromatic N) is 1. The van der Waals surface area contributed by atoms with Gasteiger partial charge in [0.15, 0.2) is 0 Å². The number of halogens is 1. The Bertz CT molecular complexity index is 437. The van der Waals surface area contributed by atoms with Gasteiger partial charge in [-0.2, -0.15) is 0 Å². The van der Waals surface area contributed by atoms with Crippen LogP contribution in [0.1, 0.15) is 37.9 Å². The largest absolute Gasteiger partial charge is 0.388 e. The van der Waals surface area contributed by atoms with Gasteiger partial charge >= 0.3 is 0 Å². The molecule has 3 nitrogen and oxygen atoms in total. The van der Waals surface area contributed by atoms with Gasteiger partial charge in [-0.3, -0.25) is 4.90 Å². The van der Waals surface area contributed by atoms with Crippen molar-refractivity contribution < 1.29 is 14.2 Å². The minimum Gasteiger partial charge on any atom is -0.388 e. The van der Waals surface area contributed by atoms with E-state index in [-0.39, 0.29) is 5.82 Å². The molecule has 0 amide bonds. The Kier molecular flexibility index (Phi) is 6.15. The van der Waals surface area contributed by atoms with Crippen LogP contribution < -0.4 is 0 Å². The van der Waals surface area contributed by atoms with E-state index in [1.54, 1.807) is 25.3 Å². The van der Waals surface area contributed by atoms with Crippen LogP contribution in [0.5, 0.6) is 0 Å². The number of hydrogen-bond donors (Lipinski definition) is 1. The fourth-order valence-corrected chi connectivity index (χ4v) is 2.79. The van der Waals surface area contributed by atoms with E-state index >= 15 is 0 Å². The topological polar surface area (TPSA) is 32.7 Å². The molecule has 1 N–H and O–H groups in total. The molecule has 0 heterocycles. The van der Waals surface area contributed by atoms with Crippen molar-refractivity contribution in [1.29, 1.82) is 0 Å². The third-order valence-corrected chi connectivity index (χ3v) is 4.42. The van der Waals surface area contributed by atoms with Gasteiger partial charge in [0.1, 0.15) is 5.82 Å². The second kappa shape index (κ2) is 7.87. The number of hydrogen-bond acceptors (Lipinski definition) is 3. The highest BCUT2D eigenvalue weighted by Gasteiger charge is 2.31. The lowest BCUT2D eigenvalue weighted by Crippen LogP contribution is -2.38. The minimum atomic E-state index is -0.748. The Morgan fingerprint density at radius 2 is 2.05 bits per heavy atom. The minimum absolute atomic E-state index is 0.330. The molecule has 21 heavy (non-hydrogen) atoms. The summed E-state index contributed by atoms with van der Waals surface area (Å²) in [6, 6.07) is 6.97. The summed E-state index contributed by atoms with van der Waals surface area (Å²) in [6.45, 7) is 4.55. The molecule has 0 bridgehead atoms. The summed E-state index contributed by atoms with van der Waals surface area (Å²) in [5.41, 5.74) is 0.392. The maximum atomic E-state index is 13.7. The molecule has 2 unspecified atom stereocenters. The Labute approximate surface area is 126 Å². The van der Waals surface area contributed by atoms with E-state index in [1.807, 2.05) is 0 Å². The molecular formula is C17H26FNO2. The second-order valence-electron chi connectivity index (χ2n) is 5.93. The molecule has 1 aliphatic carbocycles. The van der Waals surface area contributed by atoms with E-state index in [0.29, 0.717) is 24.6 Å². The molecule has 0 aliphatic heterocycles. The lowest BCUT2D eigenvalue weighted by Gasteiger charge is -2.29. The van der Waals surface area contributed by atoms with Crippen molar-refractivity contribution in [3.63, 3.8) is 0 Å². The number of ether oxygens (including phenoxy) is 1.